The van der Waals surface area contributed by atoms with Crippen LogP contribution in [0.2, 0.25) is 0 Å². The van der Waals surface area contributed by atoms with E-state index in [0.29, 0.717) is 0 Å². The van der Waals surface area contributed by atoms with Gasteiger partial charge in [0, 0.05) is 0 Å². The van der Waals surface area contributed by atoms with Crippen molar-refractivity contribution in [3.8, 4) is 0 Å². The Morgan fingerprint density at radius 3 is 1.26 bits per heavy atom. The molecule has 0 aliphatic carbocycles. The maximum atomic E-state index is 11.0. The van der Waals surface area contributed by atoms with Crippen LogP contribution < -0.4 is 0 Å². The van der Waals surface area contributed by atoms with Crippen molar-refractivity contribution in [2.75, 3.05) is 18.5 Å². The zero-order valence-electron chi connectivity index (χ0n) is 13.8. The second-order valence-corrected chi connectivity index (χ2v) is 10.3. The van der Waals surface area contributed by atoms with Gasteiger partial charge in [0.05, 0.1) is 0 Å². The molecular formula is C17H39OP. The summed E-state index contributed by atoms with van der Waals surface area (Å²) in [6.07, 6.45) is 17.8. The van der Waals surface area contributed by atoms with Crippen molar-refractivity contribution in [2.45, 2.75) is 91.4 Å². The summed E-state index contributed by atoms with van der Waals surface area (Å²) in [5, 5.41) is 0. The Morgan fingerprint density at radius 2 is 0.842 bits per heavy atom. The third-order valence-electron chi connectivity index (χ3n) is 4.24. The Balaban J connectivity index is 3.92. The van der Waals surface area contributed by atoms with Crippen LogP contribution in [0.5, 0.6) is 0 Å². The summed E-state index contributed by atoms with van der Waals surface area (Å²) in [6, 6.07) is 0. The van der Waals surface area contributed by atoms with E-state index >= 15 is 0 Å². The molecule has 0 aliphatic rings. The van der Waals surface area contributed by atoms with Gasteiger partial charge in [-0.25, -0.2) is 0 Å². The Labute approximate surface area is 123 Å². The molecule has 2 heteroatoms. The minimum absolute atomic E-state index is 1.17. The first-order valence-electron chi connectivity index (χ1n) is 8.91. The fourth-order valence-corrected chi connectivity index (χ4v) is 6.32. The molecule has 0 saturated heterocycles. The van der Waals surface area contributed by atoms with Crippen LogP contribution in [-0.2, 0) is 0 Å². The first kappa shape index (κ1) is 19.4. The van der Waals surface area contributed by atoms with E-state index in [9.17, 15) is 4.89 Å². The first-order chi connectivity index (χ1) is 9.18. The van der Waals surface area contributed by atoms with Crippen LogP contribution in [-0.4, -0.2) is 23.4 Å². The maximum absolute atomic E-state index is 11.0. The summed E-state index contributed by atoms with van der Waals surface area (Å²) in [6.45, 7) is 6.77. The van der Waals surface area contributed by atoms with Crippen molar-refractivity contribution in [1.29, 1.82) is 0 Å². The molecule has 19 heavy (non-hydrogen) atoms. The van der Waals surface area contributed by atoms with Crippen LogP contribution in [0, 0.1) is 0 Å². The molecule has 0 atom stereocenters. The van der Waals surface area contributed by atoms with Crippen LogP contribution in [0.25, 0.3) is 0 Å². The van der Waals surface area contributed by atoms with Crippen molar-refractivity contribution in [3.05, 3.63) is 0 Å². The topological polar surface area (TPSA) is 20.2 Å². The fourth-order valence-electron chi connectivity index (χ4n) is 2.84. The first-order valence-corrected chi connectivity index (χ1v) is 11.5. The molecule has 0 heterocycles. The van der Waals surface area contributed by atoms with Crippen LogP contribution in [0.4, 0.5) is 0 Å². The zero-order chi connectivity index (χ0) is 14.4. The third kappa shape index (κ3) is 11.9. The third-order valence-corrected chi connectivity index (χ3v) is 8.09. The minimum atomic E-state index is -1.88. The van der Waals surface area contributed by atoms with E-state index in [1.807, 2.05) is 0 Å². The van der Waals surface area contributed by atoms with Gasteiger partial charge in [0.2, 0.25) is 0 Å². The summed E-state index contributed by atoms with van der Waals surface area (Å²) >= 11 is 0. The van der Waals surface area contributed by atoms with E-state index < -0.39 is 7.49 Å². The van der Waals surface area contributed by atoms with Crippen LogP contribution in [0.15, 0.2) is 0 Å². The van der Waals surface area contributed by atoms with Crippen LogP contribution in [0.1, 0.15) is 91.4 Å². The van der Waals surface area contributed by atoms with E-state index in [-0.39, 0.29) is 0 Å². The van der Waals surface area contributed by atoms with Gasteiger partial charge >= 0.3 is 122 Å². The molecule has 0 rings (SSSR count). The molecule has 0 fully saturated rings. The summed E-state index contributed by atoms with van der Waals surface area (Å²) < 4.78 is 0. The number of hydrogen-bond donors (Lipinski definition) is 1. The zero-order valence-corrected chi connectivity index (χ0v) is 14.8. The molecule has 0 spiro atoms. The van der Waals surface area contributed by atoms with Gasteiger partial charge < -0.3 is 0 Å². The van der Waals surface area contributed by atoms with E-state index in [4.69, 9.17) is 0 Å². The van der Waals surface area contributed by atoms with Crippen LogP contribution in [0.3, 0.4) is 0 Å². The number of unbranched alkanes of at least 4 members (excludes halogenated alkanes) is 8. The average Bonchev–Trinajstić information content (AvgIpc) is 2.39. The molecule has 1 nitrogen and oxygen atoms in total. The second-order valence-electron chi connectivity index (χ2n) is 6.30. The molecule has 0 radical (unpaired) electrons. The van der Waals surface area contributed by atoms with Gasteiger partial charge in [0.25, 0.3) is 0 Å². The van der Waals surface area contributed by atoms with E-state index in [2.05, 4.69) is 20.8 Å². The van der Waals surface area contributed by atoms with Gasteiger partial charge in [-0.15, -0.1) is 0 Å². The molecule has 0 aromatic carbocycles. The van der Waals surface area contributed by atoms with Crippen LogP contribution >= 0.6 is 7.49 Å². The van der Waals surface area contributed by atoms with E-state index in [1.54, 1.807) is 0 Å². The molecule has 0 bridgehead atoms. The standard InChI is InChI=1S/C17H39OP/c1-4-7-10-11-14-17-19(18,15-12-8-5-2)16-13-9-6-3/h18-19H,4-17H2,1-3H3. The predicted octanol–water partition coefficient (Wildman–Crippen LogP) is 5.99. The van der Waals surface area contributed by atoms with Gasteiger partial charge in [-0.2, -0.15) is 0 Å². The predicted molar refractivity (Wildman–Crippen MR) is 92.9 cm³/mol. The Hall–Kier alpha value is 0.390. The number of hydrogen-bond acceptors (Lipinski definition) is 1. The summed E-state index contributed by atoms with van der Waals surface area (Å²) in [4.78, 5) is 11.0. The molecule has 0 saturated carbocycles. The molecular weight excluding hydrogens is 251 g/mol. The van der Waals surface area contributed by atoms with Crippen molar-refractivity contribution >= 4 is 7.49 Å². The molecule has 0 amide bonds. The molecule has 0 unspecified atom stereocenters. The quantitative estimate of drug-likeness (QED) is 0.307. The van der Waals surface area contributed by atoms with Crippen molar-refractivity contribution in [1.82, 2.24) is 0 Å². The summed E-state index contributed by atoms with van der Waals surface area (Å²) in [5.74, 6) is 0. The second kappa shape index (κ2) is 13.4. The van der Waals surface area contributed by atoms with Crippen molar-refractivity contribution in [3.63, 3.8) is 0 Å². The van der Waals surface area contributed by atoms with Crippen molar-refractivity contribution < 1.29 is 4.89 Å². The van der Waals surface area contributed by atoms with Gasteiger partial charge in [0.15, 0.2) is 0 Å². The fraction of sp³-hybridized carbons (Fsp3) is 1.00. The summed E-state index contributed by atoms with van der Waals surface area (Å²) in [5.41, 5.74) is 0. The molecule has 118 valence electrons. The normalized spacial score (nSPS) is 12.8. The van der Waals surface area contributed by atoms with Gasteiger partial charge in [-0.3, -0.25) is 0 Å². The Kier molecular flexibility index (Phi) is 13.7. The number of rotatable bonds is 14. The molecule has 1 N–H and O–H groups in total. The van der Waals surface area contributed by atoms with E-state index in [1.165, 1.54) is 89.1 Å². The molecule has 0 aromatic rings. The molecule has 0 aliphatic heterocycles. The monoisotopic (exact) mass is 290 g/mol. The Bertz CT molecular complexity index is 172. The Morgan fingerprint density at radius 1 is 0.526 bits per heavy atom. The average molecular weight is 290 g/mol. The van der Waals surface area contributed by atoms with Gasteiger partial charge in [0.1, 0.15) is 0 Å². The van der Waals surface area contributed by atoms with Gasteiger partial charge in [-0.1, -0.05) is 0 Å². The SMILES string of the molecule is CCCCCCC[PH](O)(CCCCC)CCCCC. The van der Waals surface area contributed by atoms with Gasteiger partial charge in [-0.05, 0) is 0 Å². The van der Waals surface area contributed by atoms with E-state index in [0.717, 1.165) is 0 Å². The summed E-state index contributed by atoms with van der Waals surface area (Å²) in [7, 11) is -1.88. The van der Waals surface area contributed by atoms with Crippen molar-refractivity contribution in [2.24, 2.45) is 0 Å². The molecule has 0 aromatic heterocycles.